The van der Waals surface area contributed by atoms with Gasteiger partial charge < -0.3 is 9.30 Å². The Labute approximate surface area is 244 Å². The molecule has 0 aliphatic carbocycles. The summed E-state index contributed by atoms with van der Waals surface area (Å²) >= 11 is 1.54. The molecule has 10 heteroatoms. The molecule has 0 aliphatic rings. The van der Waals surface area contributed by atoms with Gasteiger partial charge in [-0.1, -0.05) is 69.2 Å². The van der Waals surface area contributed by atoms with Crippen LogP contribution in [0.1, 0.15) is 44.2 Å². The Morgan fingerprint density at radius 3 is 2.51 bits per heavy atom. The zero-order valence-electron chi connectivity index (χ0n) is 23.0. The quantitative estimate of drug-likeness (QED) is 0.166. The maximum absolute atomic E-state index is 13.3. The van der Waals surface area contributed by atoms with E-state index >= 15 is 0 Å². The van der Waals surface area contributed by atoms with Crippen LogP contribution in [0.15, 0.2) is 83.2 Å². The highest BCUT2D eigenvalue weighted by atomic mass is 32.2. The lowest BCUT2D eigenvalue weighted by molar-refractivity contribution is 0.151. The van der Waals surface area contributed by atoms with Crippen molar-refractivity contribution < 1.29 is 17.9 Å². The summed E-state index contributed by atoms with van der Waals surface area (Å²) in [5, 5.41) is 2.78. The summed E-state index contributed by atoms with van der Waals surface area (Å²) in [5.74, 6) is 0.808. The van der Waals surface area contributed by atoms with Gasteiger partial charge in [0, 0.05) is 23.7 Å². The van der Waals surface area contributed by atoms with Crippen LogP contribution in [0.25, 0.3) is 33.0 Å². The number of hydrogen-bond donors (Lipinski definition) is 1. The Hall–Kier alpha value is -4.02. The predicted molar refractivity (Wildman–Crippen MR) is 162 cm³/mol. The van der Waals surface area contributed by atoms with Crippen LogP contribution in [0.5, 0.6) is 0 Å². The summed E-state index contributed by atoms with van der Waals surface area (Å²) in [7, 11) is -4.16. The van der Waals surface area contributed by atoms with E-state index in [4.69, 9.17) is 9.72 Å². The van der Waals surface area contributed by atoms with Gasteiger partial charge in [0.05, 0.1) is 22.5 Å². The minimum atomic E-state index is -4.16. The van der Waals surface area contributed by atoms with Gasteiger partial charge >= 0.3 is 6.09 Å². The number of carbonyl (C=O) groups excluding carboxylic acids is 1. The van der Waals surface area contributed by atoms with Crippen molar-refractivity contribution in [1.82, 2.24) is 19.3 Å². The Balaban J connectivity index is 1.46. The third-order valence-corrected chi connectivity index (χ3v) is 8.84. The highest BCUT2D eigenvalue weighted by Gasteiger charge is 2.23. The lowest BCUT2D eigenvalue weighted by Crippen LogP contribution is -2.31. The van der Waals surface area contributed by atoms with Gasteiger partial charge in [0.2, 0.25) is 0 Å². The molecular weight excluding hydrogens is 556 g/mol. The fourth-order valence-corrected chi connectivity index (χ4v) is 6.42. The molecular formula is C31H32N4O4S2. The maximum Gasteiger partial charge on any atom is 0.421 e. The van der Waals surface area contributed by atoms with Crippen molar-refractivity contribution in [1.29, 1.82) is 0 Å². The van der Waals surface area contributed by atoms with E-state index in [1.54, 1.807) is 29.7 Å². The molecule has 0 spiro atoms. The van der Waals surface area contributed by atoms with Crippen molar-refractivity contribution in [3.63, 3.8) is 0 Å². The van der Waals surface area contributed by atoms with Crippen LogP contribution in [0.3, 0.4) is 0 Å². The zero-order valence-corrected chi connectivity index (χ0v) is 24.7. The number of para-hydroxylation sites is 2. The minimum absolute atomic E-state index is 0.0317. The Morgan fingerprint density at radius 2 is 1.78 bits per heavy atom. The molecule has 1 N–H and O–H groups in total. The first-order chi connectivity index (χ1) is 19.9. The first kappa shape index (κ1) is 28.5. The fourth-order valence-electron chi connectivity index (χ4n) is 4.69. The molecule has 3 aromatic carbocycles. The number of fused-ring (bicyclic) bond motifs is 1. The third kappa shape index (κ3) is 6.49. The molecule has 0 saturated heterocycles. The molecule has 5 aromatic rings. The van der Waals surface area contributed by atoms with Crippen molar-refractivity contribution in [2.45, 2.75) is 51.0 Å². The summed E-state index contributed by atoms with van der Waals surface area (Å²) in [6.45, 7) is 4.78. The van der Waals surface area contributed by atoms with E-state index in [0.29, 0.717) is 18.5 Å². The highest BCUT2D eigenvalue weighted by Crippen LogP contribution is 2.31. The first-order valence-electron chi connectivity index (χ1n) is 13.7. The zero-order chi connectivity index (χ0) is 28.8. The van der Waals surface area contributed by atoms with E-state index in [-0.39, 0.29) is 11.5 Å². The molecule has 0 unspecified atom stereocenters. The largest absolute Gasteiger partial charge is 0.449 e. The van der Waals surface area contributed by atoms with Crippen LogP contribution < -0.4 is 4.72 Å². The minimum Gasteiger partial charge on any atom is -0.449 e. The number of imidazole rings is 1. The van der Waals surface area contributed by atoms with Gasteiger partial charge in [-0.3, -0.25) is 0 Å². The Morgan fingerprint density at radius 1 is 1.00 bits per heavy atom. The third-order valence-electron chi connectivity index (χ3n) is 6.70. The number of sulfonamides is 1. The van der Waals surface area contributed by atoms with Crippen LogP contribution in [0.4, 0.5) is 4.79 Å². The molecule has 212 valence electrons. The van der Waals surface area contributed by atoms with E-state index in [2.05, 4.69) is 21.2 Å². The molecule has 0 aliphatic heterocycles. The van der Waals surface area contributed by atoms with Crippen molar-refractivity contribution in [3.05, 3.63) is 89.4 Å². The van der Waals surface area contributed by atoms with Crippen LogP contribution in [-0.4, -0.2) is 35.7 Å². The van der Waals surface area contributed by atoms with Gasteiger partial charge in [0.1, 0.15) is 0 Å². The molecule has 0 bridgehead atoms. The van der Waals surface area contributed by atoms with Gasteiger partial charge in [0.25, 0.3) is 10.0 Å². The fraction of sp³-hybridized carbons (Fsp3) is 0.258. The number of nitrogens with one attached hydrogen (secondary N) is 1. The van der Waals surface area contributed by atoms with Gasteiger partial charge in [0.15, 0.2) is 10.8 Å². The average molecular weight is 589 g/mol. The molecule has 2 heterocycles. The number of carbonyl (C=O) groups is 1. The molecule has 5 rings (SSSR count). The monoisotopic (exact) mass is 588 g/mol. The predicted octanol–water partition coefficient (Wildman–Crippen LogP) is 7.04. The summed E-state index contributed by atoms with van der Waals surface area (Å²) < 4.78 is 35.8. The highest BCUT2D eigenvalue weighted by molar-refractivity contribution is 7.90. The summed E-state index contributed by atoms with van der Waals surface area (Å²) in [6.07, 6.45) is 4.04. The van der Waals surface area contributed by atoms with Crippen molar-refractivity contribution in [2.75, 3.05) is 6.61 Å². The van der Waals surface area contributed by atoms with E-state index in [1.165, 1.54) is 0 Å². The number of thiazole rings is 1. The molecule has 41 heavy (non-hydrogen) atoms. The van der Waals surface area contributed by atoms with Crippen LogP contribution >= 0.6 is 11.3 Å². The number of ether oxygens (including phenoxy) is 1. The number of aryl methyl sites for hydroxylation is 1. The number of unbranched alkanes of at least 4 members (excludes halogenated alkanes) is 1. The van der Waals surface area contributed by atoms with E-state index in [1.807, 2.05) is 66.9 Å². The summed E-state index contributed by atoms with van der Waals surface area (Å²) in [4.78, 5) is 21.5. The van der Waals surface area contributed by atoms with Crippen molar-refractivity contribution >= 4 is 38.5 Å². The van der Waals surface area contributed by atoms with E-state index < -0.39 is 16.1 Å². The SMILES string of the molecule is CCCCOC(=O)NS(=O)(=O)c1ccc(CCC)cc1-c1ccc(Cn2c(-c3nccs3)nc3ccccc32)cc1. The van der Waals surface area contributed by atoms with Crippen LogP contribution in [0, 0.1) is 0 Å². The standard InChI is InChI=1S/C31H32N4O4S2/c1-3-5-18-39-31(36)34-41(37,38)28-16-13-22(8-4-2)20-25(28)24-14-11-23(12-15-24)21-35-27-10-7-6-9-26(27)33-29(35)30-32-17-19-40-30/h6-7,9-17,19-20H,3-5,8,18,21H2,1-2H3,(H,34,36). The van der Waals surface area contributed by atoms with Gasteiger partial charge in [-0.25, -0.2) is 27.9 Å². The first-order valence-corrected chi connectivity index (χ1v) is 16.0. The lowest BCUT2D eigenvalue weighted by Gasteiger charge is -2.14. The molecule has 0 fully saturated rings. The Kier molecular flexibility index (Phi) is 8.80. The molecule has 1 amide bonds. The number of rotatable bonds is 11. The number of benzene rings is 3. The van der Waals surface area contributed by atoms with Gasteiger partial charge in [-0.15, -0.1) is 11.3 Å². The number of aromatic nitrogens is 3. The molecule has 8 nitrogen and oxygen atoms in total. The number of nitrogens with zero attached hydrogens (tertiary/aromatic N) is 3. The summed E-state index contributed by atoms with van der Waals surface area (Å²) in [6, 6.07) is 21.1. The van der Waals surface area contributed by atoms with Crippen molar-refractivity contribution in [2.24, 2.45) is 0 Å². The van der Waals surface area contributed by atoms with E-state index in [0.717, 1.165) is 57.8 Å². The number of amides is 1. The average Bonchev–Trinajstić information content (AvgIpc) is 3.62. The molecule has 0 radical (unpaired) electrons. The second-order valence-corrected chi connectivity index (χ2v) is 12.3. The number of hydrogen-bond acceptors (Lipinski definition) is 7. The molecule has 0 saturated carbocycles. The summed E-state index contributed by atoms with van der Waals surface area (Å²) in [5.41, 5.74) is 5.24. The second-order valence-electron chi connectivity index (χ2n) is 9.72. The van der Waals surface area contributed by atoms with E-state index in [9.17, 15) is 13.2 Å². The van der Waals surface area contributed by atoms with Gasteiger partial charge in [-0.2, -0.15) is 0 Å². The van der Waals surface area contributed by atoms with Crippen LogP contribution in [-0.2, 0) is 27.7 Å². The molecule has 2 aromatic heterocycles. The second kappa shape index (κ2) is 12.7. The van der Waals surface area contributed by atoms with Gasteiger partial charge in [-0.05, 0) is 53.8 Å². The van der Waals surface area contributed by atoms with Crippen molar-refractivity contribution in [3.8, 4) is 22.0 Å². The maximum atomic E-state index is 13.3. The molecule has 0 atom stereocenters. The van der Waals surface area contributed by atoms with Crippen LogP contribution in [0.2, 0.25) is 0 Å². The smallest absolute Gasteiger partial charge is 0.421 e. The topological polar surface area (TPSA) is 103 Å². The lowest BCUT2D eigenvalue weighted by atomic mass is 10.00. The normalized spacial score (nSPS) is 11.6. The Bertz CT molecular complexity index is 1750.